The zero-order chi connectivity index (χ0) is 21.5. The molecule has 0 N–H and O–H groups in total. The average molecular weight is 432 g/mol. The van der Waals surface area contributed by atoms with Gasteiger partial charge >= 0.3 is 0 Å². The summed E-state index contributed by atoms with van der Waals surface area (Å²) in [6.07, 6.45) is 9.28. The Morgan fingerprint density at radius 3 is 2.61 bits per heavy atom. The number of amides is 2. The summed E-state index contributed by atoms with van der Waals surface area (Å²) in [7, 11) is 0. The van der Waals surface area contributed by atoms with Gasteiger partial charge in [0, 0.05) is 71.2 Å². The lowest BCUT2D eigenvalue weighted by Crippen LogP contribution is -2.49. The molecule has 1 aromatic heterocycles. The fraction of sp³-hybridized carbons (Fsp3) is 0.783. The first kappa shape index (κ1) is 22.3. The van der Waals surface area contributed by atoms with Crippen LogP contribution in [-0.2, 0) is 20.9 Å². The summed E-state index contributed by atoms with van der Waals surface area (Å²) in [5.41, 5.74) is 0. The quantitative estimate of drug-likeness (QED) is 0.623. The van der Waals surface area contributed by atoms with E-state index < -0.39 is 0 Å². The maximum Gasteiger partial charge on any atom is 0.227 e. The first-order chi connectivity index (χ1) is 15.2. The van der Waals surface area contributed by atoms with Gasteiger partial charge in [0.2, 0.25) is 11.8 Å². The molecule has 0 bridgehead atoms. The van der Waals surface area contributed by atoms with E-state index >= 15 is 0 Å². The maximum atomic E-state index is 13.1. The van der Waals surface area contributed by atoms with Gasteiger partial charge in [0.05, 0.1) is 19.1 Å². The molecule has 3 aliphatic rings. The van der Waals surface area contributed by atoms with E-state index in [-0.39, 0.29) is 17.7 Å². The highest BCUT2D eigenvalue weighted by atomic mass is 16.5. The van der Waals surface area contributed by atoms with Gasteiger partial charge in [-0.05, 0) is 44.1 Å². The van der Waals surface area contributed by atoms with Crippen LogP contribution >= 0.6 is 0 Å². The number of piperidine rings is 2. The van der Waals surface area contributed by atoms with Crippen LogP contribution in [0.25, 0.3) is 0 Å². The number of aryl methyl sites for hydroxylation is 1. The minimum Gasteiger partial charge on any atom is -0.379 e. The Morgan fingerprint density at radius 1 is 1.06 bits per heavy atom. The molecule has 8 nitrogen and oxygen atoms in total. The molecule has 0 unspecified atom stereocenters. The Balaban J connectivity index is 1.18. The minimum atomic E-state index is -0.0262. The standard InChI is InChI=1S/C23H37N5O3/c29-22-4-3-21(19-27(22)10-2-9-25-15-17-31-18-16-25)23(30)26-12-5-20(6-13-26)7-14-28-11-1-8-24-28/h1,8,11,20-21H,2-7,9-10,12-19H2/t21-/m0/s1. The van der Waals surface area contributed by atoms with Gasteiger partial charge in [-0.25, -0.2) is 0 Å². The summed E-state index contributed by atoms with van der Waals surface area (Å²) in [5.74, 6) is 1.11. The lowest BCUT2D eigenvalue weighted by atomic mass is 9.91. The average Bonchev–Trinajstić information content (AvgIpc) is 3.33. The van der Waals surface area contributed by atoms with Gasteiger partial charge in [-0.1, -0.05) is 0 Å². The third kappa shape index (κ3) is 6.29. The van der Waals surface area contributed by atoms with E-state index in [1.807, 2.05) is 28.0 Å². The van der Waals surface area contributed by atoms with Gasteiger partial charge in [0.1, 0.15) is 0 Å². The van der Waals surface area contributed by atoms with Crippen LogP contribution in [0.2, 0.25) is 0 Å². The number of morpholine rings is 1. The van der Waals surface area contributed by atoms with Crippen LogP contribution < -0.4 is 0 Å². The van der Waals surface area contributed by atoms with E-state index in [1.54, 1.807) is 0 Å². The predicted octanol–water partition coefficient (Wildman–Crippen LogP) is 1.47. The van der Waals surface area contributed by atoms with Gasteiger partial charge in [-0.15, -0.1) is 0 Å². The second kappa shape index (κ2) is 11.1. The number of nitrogens with zero attached hydrogens (tertiary/aromatic N) is 5. The Bertz CT molecular complexity index is 696. The fourth-order valence-corrected chi connectivity index (χ4v) is 5.09. The summed E-state index contributed by atoms with van der Waals surface area (Å²) >= 11 is 0. The number of carbonyl (C=O) groups excluding carboxylic acids is 2. The molecule has 4 heterocycles. The van der Waals surface area contributed by atoms with E-state index in [9.17, 15) is 9.59 Å². The lowest BCUT2D eigenvalue weighted by Gasteiger charge is -2.38. The number of hydrogen-bond acceptors (Lipinski definition) is 5. The molecule has 0 saturated carbocycles. The van der Waals surface area contributed by atoms with Crippen LogP contribution in [0.4, 0.5) is 0 Å². The summed E-state index contributed by atoms with van der Waals surface area (Å²) in [4.78, 5) is 31.9. The van der Waals surface area contributed by atoms with Crippen molar-refractivity contribution in [2.45, 2.75) is 45.1 Å². The molecule has 3 fully saturated rings. The highest BCUT2D eigenvalue weighted by molar-refractivity contribution is 5.84. The number of hydrogen-bond donors (Lipinski definition) is 0. The molecular formula is C23H37N5O3. The summed E-state index contributed by atoms with van der Waals surface area (Å²) < 4.78 is 7.39. The van der Waals surface area contributed by atoms with Crippen LogP contribution in [0.3, 0.4) is 0 Å². The maximum absolute atomic E-state index is 13.1. The van der Waals surface area contributed by atoms with Crippen LogP contribution in [0.1, 0.15) is 38.5 Å². The van der Waals surface area contributed by atoms with E-state index in [4.69, 9.17) is 4.74 Å². The van der Waals surface area contributed by atoms with Crippen molar-refractivity contribution in [3.63, 3.8) is 0 Å². The van der Waals surface area contributed by atoms with Gasteiger partial charge in [-0.2, -0.15) is 5.10 Å². The van der Waals surface area contributed by atoms with Crippen LogP contribution in [0.5, 0.6) is 0 Å². The second-order valence-corrected chi connectivity index (χ2v) is 9.21. The monoisotopic (exact) mass is 431 g/mol. The van der Waals surface area contributed by atoms with Gasteiger partial charge in [0.15, 0.2) is 0 Å². The first-order valence-electron chi connectivity index (χ1n) is 12.0. The van der Waals surface area contributed by atoms with Crippen molar-refractivity contribution in [3.8, 4) is 0 Å². The highest BCUT2D eigenvalue weighted by Crippen LogP contribution is 2.25. The zero-order valence-corrected chi connectivity index (χ0v) is 18.7. The molecule has 4 rings (SSSR count). The smallest absolute Gasteiger partial charge is 0.227 e. The molecule has 1 atom stereocenters. The number of rotatable bonds is 8. The molecule has 172 valence electrons. The molecule has 2 amide bonds. The van der Waals surface area contributed by atoms with Gasteiger partial charge in [-0.3, -0.25) is 19.2 Å². The van der Waals surface area contributed by atoms with Crippen LogP contribution in [0.15, 0.2) is 18.5 Å². The number of aromatic nitrogens is 2. The Labute approximate surface area is 185 Å². The Kier molecular flexibility index (Phi) is 7.97. The topological polar surface area (TPSA) is 70.9 Å². The van der Waals surface area contributed by atoms with Crippen LogP contribution in [0, 0.1) is 11.8 Å². The third-order valence-electron chi connectivity index (χ3n) is 7.11. The summed E-state index contributed by atoms with van der Waals surface area (Å²) in [6.45, 7) is 8.58. The molecule has 0 aromatic carbocycles. The Morgan fingerprint density at radius 2 is 1.87 bits per heavy atom. The van der Waals surface area contributed by atoms with Crippen molar-refractivity contribution in [2.75, 3.05) is 59.0 Å². The molecular weight excluding hydrogens is 394 g/mol. The van der Waals surface area contributed by atoms with E-state index in [0.717, 1.165) is 84.7 Å². The second-order valence-electron chi connectivity index (χ2n) is 9.21. The molecule has 1 aromatic rings. The van der Waals surface area contributed by atoms with Crippen LogP contribution in [-0.4, -0.2) is 95.3 Å². The molecule has 0 spiro atoms. The van der Waals surface area contributed by atoms with Crippen molar-refractivity contribution in [3.05, 3.63) is 18.5 Å². The molecule has 31 heavy (non-hydrogen) atoms. The predicted molar refractivity (Wildman–Crippen MR) is 117 cm³/mol. The van der Waals surface area contributed by atoms with E-state index in [0.29, 0.717) is 25.3 Å². The zero-order valence-electron chi connectivity index (χ0n) is 18.7. The lowest BCUT2D eigenvalue weighted by molar-refractivity contribution is -0.144. The molecule has 3 saturated heterocycles. The highest BCUT2D eigenvalue weighted by Gasteiger charge is 2.34. The first-order valence-corrected chi connectivity index (χ1v) is 12.0. The van der Waals surface area contributed by atoms with E-state index in [2.05, 4.69) is 14.9 Å². The van der Waals surface area contributed by atoms with Crippen molar-refractivity contribution in [1.82, 2.24) is 24.5 Å². The normalized spacial score (nSPS) is 24.0. The molecule has 3 aliphatic heterocycles. The van der Waals surface area contributed by atoms with Crippen molar-refractivity contribution >= 4 is 11.8 Å². The van der Waals surface area contributed by atoms with Crippen molar-refractivity contribution in [1.29, 1.82) is 0 Å². The molecule has 0 aliphatic carbocycles. The molecule has 8 heteroatoms. The summed E-state index contributed by atoms with van der Waals surface area (Å²) in [6, 6.07) is 1.96. The minimum absolute atomic E-state index is 0.0262. The van der Waals surface area contributed by atoms with Crippen molar-refractivity contribution in [2.24, 2.45) is 11.8 Å². The number of ether oxygens (including phenoxy) is 1. The molecule has 0 radical (unpaired) electrons. The number of carbonyl (C=O) groups is 2. The largest absolute Gasteiger partial charge is 0.379 e. The van der Waals surface area contributed by atoms with Gasteiger partial charge in [0.25, 0.3) is 0 Å². The third-order valence-corrected chi connectivity index (χ3v) is 7.11. The SMILES string of the molecule is O=C1CC[C@H](C(=O)N2CCC(CCn3cccn3)CC2)CN1CCCN1CCOCC1. The fourth-order valence-electron chi connectivity index (χ4n) is 5.09. The number of likely N-dealkylation sites (tertiary alicyclic amines) is 2. The van der Waals surface area contributed by atoms with E-state index in [1.165, 1.54) is 0 Å². The Hall–Kier alpha value is -1.93. The summed E-state index contributed by atoms with van der Waals surface area (Å²) in [5, 5.41) is 4.28. The van der Waals surface area contributed by atoms with Crippen molar-refractivity contribution < 1.29 is 14.3 Å². The van der Waals surface area contributed by atoms with Gasteiger partial charge < -0.3 is 14.5 Å².